The predicted octanol–water partition coefficient (Wildman–Crippen LogP) is 1.99. The highest BCUT2D eigenvalue weighted by atomic mass is 16.6. The van der Waals surface area contributed by atoms with E-state index < -0.39 is 0 Å². The molecular weight excluding hydrogens is 178 g/mol. The molecule has 0 saturated heterocycles. The fourth-order valence-electron chi connectivity index (χ4n) is 1.21. The molecule has 0 aromatic heterocycles. The molecule has 0 radical (unpaired) electrons. The highest BCUT2D eigenvalue weighted by Crippen LogP contribution is 2.14. The zero-order valence-electron chi connectivity index (χ0n) is 8.31. The molecule has 0 aliphatic rings. The van der Waals surface area contributed by atoms with Crippen molar-refractivity contribution in [1.29, 1.82) is 0 Å². The number of oxime groups is 1. The molecule has 3 nitrogen and oxygen atoms in total. The van der Waals surface area contributed by atoms with Crippen LogP contribution in [0.3, 0.4) is 0 Å². The third-order valence-corrected chi connectivity index (χ3v) is 1.91. The van der Waals surface area contributed by atoms with Gasteiger partial charge < -0.3 is 4.84 Å². The van der Waals surface area contributed by atoms with Crippen molar-refractivity contribution >= 4 is 12.0 Å². The quantitative estimate of drug-likeness (QED) is 0.539. The fourth-order valence-corrected chi connectivity index (χ4v) is 1.21. The summed E-state index contributed by atoms with van der Waals surface area (Å²) in [6.07, 6.45) is 1.51. The Morgan fingerprint density at radius 1 is 1.43 bits per heavy atom. The van der Waals surface area contributed by atoms with Gasteiger partial charge in [0.2, 0.25) is 0 Å². The van der Waals surface area contributed by atoms with Crippen LogP contribution in [0.4, 0.5) is 0 Å². The number of carbonyl (C=O) groups excluding carboxylic acids is 1. The zero-order chi connectivity index (χ0) is 10.4. The van der Waals surface area contributed by atoms with Crippen molar-refractivity contribution in [2.24, 2.45) is 5.16 Å². The molecule has 1 aromatic rings. The van der Waals surface area contributed by atoms with Crippen LogP contribution in [0.2, 0.25) is 0 Å². The van der Waals surface area contributed by atoms with E-state index in [-0.39, 0.29) is 11.7 Å². The molecule has 0 aliphatic heterocycles. The van der Waals surface area contributed by atoms with E-state index in [2.05, 4.69) is 9.99 Å². The molecule has 0 spiro atoms. The Morgan fingerprint density at radius 3 is 2.57 bits per heavy atom. The second-order valence-electron chi connectivity index (χ2n) is 2.94. The molecule has 1 atom stereocenters. The summed E-state index contributed by atoms with van der Waals surface area (Å²) in [6.45, 7) is 1.54. The molecule has 0 bridgehead atoms. The van der Waals surface area contributed by atoms with Gasteiger partial charge in [0, 0.05) is 0 Å². The van der Waals surface area contributed by atoms with Gasteiger partial charge in [0.25, 0.3) is 0 Å². The maximum Gasteiger partial charge on any atom is 0.142 e. The fraction of sp³-hybridized carbons (Fsp3) is 0.273. The standard InChI is InChI=1S/C11H13NO2/c1-9(13)11(8-12-14-2)10-6-4-3-5-7-10/h3-8,11H,1-2H3/b12-8-/t11-/m0/s1. The third kappa shape index (κ3) is 2.69. The van der Waals surface area contributed by atoms with Crippen LogP contribution < -0.4 is 0 Å². The number of benzene rings is 1. The molecule has 0 saturated carbocycles. The van der Waals surface area contributed by atoms with Gasteiger partial charge in [-0.2, -0.15) is 0 Å². The molecule has 14 heavy (non-hydrogen) atoms. The second kappa shape index (κ2) is 5.17. The van der Waals surface area contributed by atoms with Gasteiger partial charge in [-0.05, 0) is 12.5 Å². The van der Waals surface area contributed by atoms with Crippen LogP contribution in [0, 0.1) is 0 Å². The third-order valence-electron chi connectivity index (χ3n) is 1.91. The van der Waals surface area contributed by atoms with Crippen LogP contribution >= 0.6 is 0 Å². The molecule has 0 heterocycles. The SMILES string of the molecule is CO/N=C\[C@@H](C(C)=O)c1ccccc1. The Morgan fingerprint density at radius 2 is 2.07 bits per heavy atom. The first-order chi connectivity index (χ1) is 6.75. The Bertz CT molecular complexity index is 319. The van der Waals surface area contributed by atoms with E-state index in [1.807, 2.05) is 30.3 Å². The minimum atomic E-state index is -0.309. The number of hydrogen-bond acceptors (Lipinski definition) is 3. The maximum absolute atomic E-state index is 11.3. The molecule has 0 aliphatic carbocycles. The van der Waals surface area contributed by atoms with E-state index in [4.69, 9.17) is 0 Å². The average molecular weight is 191 g/mol. The summed E-state index contributed by atoms with van der Waals surface area (Å²) in [5.74, 6) is -0.256. The van der Waals surface area contributed by atoms with Crippen molar-refractivity contribution in [2.75, 3.05) is 7.11 Å². The number of ketones is 1. The summed E-state index contributed by atoms with van der Waals surface area (Å²) in [7, 11) is 1.46. The summed E-state index contributed by atoms with van der Waals surface area (Å²) in [6, 6.07) is 9.49. The van der Waals surface area contributed by atoms with Gasteiger partial charge in [0.1, 0.15) is 12.9 Å². The Hall–Kier alpha value is -1.64. The molecule has 0 unspecified atom stereocenters. The first-order valence-electron chi connectivity index (χ1n) is 4.37. The number of carbonyl (C=O) groups is 1. The number of nitrogens with zero attached hydrogens (tertiary/aromatic N) is 1. The van der Waals surface area contributed by atoms with Crippen LogP contribution in [0.15, 0.2) is 35.5 Å². The van der Waals surface area contributed by atoms with Crippen molar-refractivity contribution < 1.29 is 9.63 Å². The zero-order valence-corrected chi connectivity index (χ0v) is 8.31. The summed E-state index contributed by atoms with van der Waals surface area (Å²) in [5.41, 5.74) is 0.931. The van der Waals surface area contributed by atoms with Crippen LogP contribution in [0.5, 0.6) is 0 Å². The molecule has 1 aromatic carbocycles. The lowest BCUT2D eigenvalue weighted by atomic mass is 9.97. The summed E-state index contributed by atoms with van der Waals surface area (Å²) in [5, 5.41) is 3.62. The van der Waals surface area contributed by atoms with Crippen molar-refractivity contribution in [2.45, 2.75) is 12.8 Å². The molecule has 74 valence electrons. The minimum absolute atomic E-state index is 0.0528. The molecular formula is C11H13NO2. The van der Waals surface area contributed by atoms with Crippen LogP contribution in [-0.2, 0) is 9.63 Å². The molecule has 0 N–H and O–H groups in total. The Balaban J connectivity index is 2.89. The van der Waals surface area contributed by atoms with Crippen LogP contribution in [-0.4, -0.2) is 19.1 Å². The molecule has 3 heteroatoms. The molecule has 0 amide bonds. The van der Waals surface area contributed by atoms with E-state index in [1.54, 1.807) is 6.92 Å². The average Bonchev–Trinajstić information content (AvgIpc) is 2.19. The van der Waals surface area contributed by atoms with Gasteiger partial charge in [-0.3, -0.25) is 4.79 Å². The molecule has 1 rings (SSSR count). The normalized spacial score (nSPS) is 12.7. The van der Waals surface area contributed by atoms with Gasteiger partial charge in [-0.25, -0.2) is 0 Å². The predicted molar refractivity (Wildman–Crippen MR) is 55.4 cm³/mol. The van der Waals surface area contributed by atoms with Gasteiger partial charge in [-0.15, -0.1) is 0 Å². The van der Waals surface area contributed by atoms with Gasteiger partial charge in [0.15, 0.2) is 0 Å². The van der Waals surface area contributed by atoms with E-state index in [0.717, 1.165) is 5.56 Å². The lowest BCUT2D eigenvalue weighted by molar-refractivity contribution is -0.117. The van der Waals surface area contributed by atoms with Crippen molar-refractivity contribution in [3.05, 3.63) is 35.9 Å². The topological polar surface area (TPSA) is 38.7 Å². The highest BCUT2D eigenvalue weighted by Gasteiger charge is 2.13. The largest absolute Gasteiger partial charge is 0.399 e. The number of Topliss-reactive ketones (excluding diaryl/α,β-unsaturated/α-hetero) is 1. The van der Waals surface area contributed by atoms with E-state index in [9.17, 15) is 4.79 Å². The smallest absolute Gasteiger partial charge is 0.142 e. The van der Waals surface area contributed by atoms with Crippen molar-refractivity contribution in [3.8, 4) is 0 Å². The first-order valence-corrected chi connectivity index (χ1v) is 4.37. The van der Waals surface area contributed by atoms with E-state index in [1.165, 1.54) is 13.3 Å². The lowest BCUT2D eigenvalue weighted by Crippen LogP contribution is -2.10. The number of rotatable bonds is 4. The van der Waals surface area contributed by atoms with Crippen LogP contribution in [0.25, 0.3) is 0 Å². The van der Waals surface area contributed by atoms with Crippen LogP contribution in [0.1, 0.15) is 18.4 Å². The van der Waals surface area contributed by atoms with E-state index in [0.29, 0.717) is 0 Å². The Labute approximate surface area is 83.4 Å². The summed E-state index contributed by atoms with van der Waals surface area (Å²) < 4.78 is 0. The highest BCUT2D eigenvalue weighted by molar-refractivity contribution is 5.98. The van der Waals surface area contributed by atoms with E-state index >= 15 is 0 Å². The minimum Gasteiger partial charge on any atom is -0.399 e. The first kappa shape index (κ1) is 10.4. The van der Waals surface area contributed by atoms with Crippen molar-refractivity contribution in [3.63, 3.8) is 0 Å². The van der Waals surface area contributed by atoms with Gasteiger partial charge in [0.05, 0.1) is 12.1 Å². The van der Waals surface area contributed by atoms with Crippen molar-refractivity contribution in [1.82, 2.24) is 0 Å². The summed E-state index contributed by atoms with van der Waals surface area (Å²) in [4.78, 5) is 15.9. The maximum atomic E-state index is 11.3. The van der Waals surface area contributed by atoms with Gasteiger partial charge >= 0.3 is 0 Å². The lowest BCUT2D eigenvalue weighted by Gasteiger charge is -2.07. The monoisotopic (exact) mass is 191 g/mol. The molecule has 0 fully saturated rings. The Kier molecular flexibility index (Phi) is 3.85. The number of hydrogen-bond donors (Lipinski definition) is 0. The van der Waals surface area contributed by atoms with Gasteiger partial charge in [-0.1, -0.05) is 35.5 Å². The second-order valence-corrected chi connectivity index (χ2v) is 2.94. The summed E-state index contributed by atoms with van der Waals surface area (Å²) >= 11 is 0.